The first kappa shape index (κ1) is 15.6. The molecule has 4 nitrogen and oxygen atoms in total. The molecule has 1 aliphatic rings. The summed E-state index contributed by atoms with van der Waals surface area (Å²) in [5.41, 5.74) is 8.33. The van der Waals surface area contributed by atoms with Gasteiger partial charge < -0.3 is 5.73 Å². The van der Waals surface area contributed by atoms with Crippen LogP contribution in [0.25, 0.3) is 11.1 Å². The lowest BCUT2D eigenvalue weighted by atomic mass is 9.86. The number of carbonyl (C=O) groups is 1. The summed E-state index contributed by atoms with van der Waals surface area (Å²) in [4.78, 5) is 18.1. The zero-order chi connectivity index (χ0) is 16.6. The highest BCUT2D eigenvalue weighted by molar-refractivity contribution is 6.30. The van der Waals surface area contributed by atoms with E-state index in [4.69, 9.17) is 17.3 Å². The van der Waals surface area contributed by atoms with Gasteiger partial charge in [-0.3, -0.25) is 9.69 Å². The molecule has 1 atom stereocenters. The first-order valence-corrected chi connectivity index (χ1v) is 7.75. The molecule has 0 bridgehead atoms. The van der Waals surface area contributed by atoms with E-state index < -0.39 is 5.54 Å². The highest BCUT2D eigenvalue weighted by Gasteiger charge is 2.36. The van der Waals surface area contributed by atoms with Crippen molar-refractivity contribution >= 4 is 23.5 Å². The van der Waals surface area contributed by atoms with Crippen LogP contribution >= 0.6 is 11.6 Å². The number of amides is 1. The second-order valence-corrected chi connectivity index (χ2v) is 6.40. The Balaban J connectivity index is 2.03. The number of carbonyl (C=O) groups excluding carboxylic acids is 1. The van der Waals surface area contributed by atoms with Crippen molar-refractivity contribution in [3.8, 4) is 11.1 Å². The van der Waals surface area contributed by atoms with Crippen molar-refractivity contribution in [2.24, 2.45) is 10.7 Å². The quantitative estimate of drug-likeness (QED) is 0.919. The highest BCUT2D eigenvalue weighted by atomic mass is 35.5. The normalized spacial score (nSPS) is 21.3. The molecule has 0 saturated carbocycles. The molecule has 0 spiro atoms. The Bertz CT molecular complexity index is 785. The average molecular weight is 328 g/mol. The summed E-state index contributed by atoms with van der Waals surface area (Å²) in [5, 5.41) is 0.704. The lowest BCUT2D eigenvalue weighted by Crippen LogP contribution is -2.47. The van der Waals surface area contributed by atoms with Gasteiger partial charge in [0.2, 0.25) is 5.91 Å². The molecule has 0 radical (unpaired) electrons. The van der Waals surface area contributed by atoms with Crippen molar-refractivity contribution in [2.45, 2.75) is 18.9 Å². The van der Waals surface area contributed by atoms with Gasteiger partial charge >= 0.3 is 0 Å². The fourth-order valence-corrected chi connectivity index (χ4v) is 2.88. The molecule has 5 heteroatoms. The Kier molecular flexibility index (Phi) is 3.86. The van der Waals surface area contributed by atoms with Crippen LogP contribution in [0.2, 0.25) is 5.02 Å². The van der Waals surface area contributed by atoms with Crippen molar-refractivity contribution in [2.75, 3.05) is 7.05 Å². The molecular formula is C18H18ClN3O. The number of aliphatic imine (C=N–C) groups is 1. The SMILES string of the molecule is CN1C(=O)C[C@@](C)(c2cccc(-c3ccc(Cl)cc3)c2)N=C1N. The summed E-state index contributed by atoms with van der Waals surface area (Å²) >= 11 is 5.95. The number of nitrogens with zero attached hydrogens (tertiary/aromatic N) is 2. The van der Waals surface area contributed by atoms with Crippen LogP contribution in [0.15, 0.2) is 53.5 Å². The summed E-state index contributed by atoms with van der Waals surface area (Å²) < 4.78 is 0. The smallest absolute Gasteiger partial charge is 0.231 e. The first-order chi connectivity index (χ1) is 10.9. The molecule has 0 aliphatic carbocycles. The molecule has 3 rings (SSSR count). The van der Waals surface area contributed by atoms with E-state index in [1.54, 1.807) is 7.05 Å². The summed E-state index contributed by atoms with van der Waals surface area (Å²) in [5.74, 6) is 0.220. The molecule has 0 fully saturated rings. The number of rotatable bonds is 2. The van der Waals surface area contributed by atoms with Crippen LogP contribution < -0.4 is 5.73 Å². The van der Waals surface area contributed by atoms with Gasteiger partial charge in [0.25, 0.3) is 0 Å². The van der Waals surface area contributed by atoms with Gasteiger partial charge in [0, 0.05) is 12.1 Å². The molecule has 0 aromatic heterocycles. The summed E-state index contributed by atoms with van der Waals surface area (Å²) in [6.07, 6.45) is 0.300. The maximum Gasteiger partial charge on any atom is 0.231 e. The first-order valence-electron chi connectivity index (χ1n) is 7.37. The third-order valence-corrected chi connectivity index (χ3v) is 4.49. The number of benzene rings is 2. The highest BCUT2D eigenvalue weighted by Crippen LogP contribution is 2.35. The third kappa shape index (κ3) is 2.94. The molecule has 1 aliphatic heterocycles. The molecule has 23 heavy (non-hydrogen) atoms. The van der Waals surface area contributed by atoms with Gasteiger partial charge in [-0.1, -0.05) is 41.9 Å². The van der Waals surface area contributed by atoms with E-state index in [0.717, 1.165) is 16.7 Å². The standard InChI is InChI=1S/C18H18ClN3O/c1-18(11-16(23)22(2)17(20)21-18)14-5-3-4-13(10-14)12-6-8-15(19)9-7-12/h3-10H,11H2,1-2H3,(H2,20,21)/t18-/m0/s1. The maximum atomic E-state index is 12.1. The Labute approximate surface area is 140 Å². The fraction of sp³-hybridized carbons (Fsp3) is 0.222. The van der Waals surface area contributed by atoms with Gasteiger partial charge in [0.1, 0.15) is 0 Å². The van der Waals surface area contributed by atoms with Crippen molar-refractivity contribution in [1.82, 2.24) is 4.90 Å². The van der Waals surface area contributed by atoms with Crippen molar-refractivity contribution in [3.05, 3.63) is 59.1 Å². The lowest BCUT2D eigenvalue weighted by molar-refractivity contribution is -0.128. The fourth-order valence-electron chi connectivity index (χ4n) is 2.75. The van der Waals surface area contributed by atoms with Gasteiger partial charge in [-0.15, -0.1) is 0 Å². The van der Waals surface area contributed by atoms with E-state index >= 15 is 0 Å². The average Bonchev–Trinajstić information content (AvgIpc) is 2.53. The van der Waals surface area contributed by atoms with E-state index in [-0.39, 0.29) is 11.9 Å². The molecule has 1 amide bonds. The topological polar surface area (TPSA) is 58.7 Å². The van der Waals surface area contributed by atoms with Gasteiger partial charge in [0.15, 0.2) is 5.96 Å². The minimum Gasteiger partial charge on any atom is -0.369 e. The maximum absolute atomic E-state index is 12.1. The second kappa shape index (κ2) is 5.70. The Morgan fingerprint density at radius 3 is 2.52 bits per heavy atom. The Morgan fingerprint density at radius 1 is 1.17 bits per heavy atom. The molecule has 2 aromatic rings. The van der Waals surface area contributed by atoms with Crippen LogP contribution in [0.5, 0.6) is 0 Å². The minimum absolute atomic E-state index is 0.0307. The van der Waals surface area contributed by atoms with E-state index in [9.17, 15) is 4.79 Å². The Hall–Kier alpha value is -2.33. The van der Waals surface area contributed by atoms with Crippen LogP contribution in [0, 0.1) is 0 Å². The third-order valence-electron chi connectivity index (χ3n) is 4.24. The zero-order valence-electron chi connectivity index (χ0n) is 13.1. The van der Waals surface area contributed by atoms with E-state index in [2.05, 4.69) is 11.1 Å². The molecule has 0 saturated heterocycles. The van der Waals surface area contributed by atoms with Crippen LogP contribution in [-0.4, -0.2) is 23.8 Å². The van der Waals surface area contributed by atoms with Gasteiger partial charge in [-0.05, 0) is 41.8 Å². The summed E-state index contributed by atoms with van der Waals surface area (Å²) in [6, 6.07) is 15.7. The molecule has 2 N–H and O–H groups in total. The lowest BCUT2D eigenvalue weighted by Gasteiger charge is -2.33. The van der Waals surface area contributed by atoms with Crippen LogP contribution in [0.3, 0.4) is 0 Å². The minimum atomic E-state index is -0.643. The molecule has 0 unspecified atom stereocenters. The van der Waals surface area contributed by atoms with Gasteiger partial charge in [-0.2, -0.15) is 0 Å². The van der Waals surface area contributed by atoms with Crippen molar-refractivity contribution < 1.29 is 4.79 Å². The van der Waals surface area contributed by atoms with E-state index in [0.29, 0.717) is 11.4 Å². The van der Waals surface area contributed by atoms with Crippen LogP contribution in [0.4, 0.5) is 0 Å². The van der Waals surface area contributed by atoms with Gasteiger partial charge in [0.05, 0.1) is 12.0 Å². The van der Waals surface area contributed by atoms with Crippen LogP contribution in [-0.2, 0) is 10.3 Å². The van der Waals surface area contributed by atoms with Crippen molar-refractivity contribution in [3.63, 3.8) is 0 Å². The monoisotopic (exact) mass is 327 g/mol. The molecular weight excluding hydrogens is 310 g/mol. The predicted octanol–water partition coefficient (Wildman–Crippen LogP) is 3.40. The van der Waals surface area contributed by atoms with E-state index in [1.807, 2.05) is 49.4 Å². The van der Waals surface area contributed by atoms with Crippen molar-refractivity contribution in [1.29, 1.82) is 0 Å². The number of hydrogen-bond donors (Lipinski definition) is 1. The molecule has 2 aromatic carbocycles. The number of hydrogen-bond acceptors (Lipinski definition) is 3. The largest absolute Gasteiger partial charge is 0.369 e. The summed E-state index contributed by atoms with van der Waals surface area (Å²) in [7, 11) is 1.64. The predicted molar refractivity (Wildman–Crippen MR) is 93.2 cm³/mol. The number of guanidine groups is 1. The van der Waals surface area contributed by atoms with Crippen LogP contribution in [0.1, 0.15) is 18.9 Å². The number of halogens is 1. The van der Waals surface area contributed by atoms with Gasteiger partial charge in [-0.25, -0.2) is 4.99 Å². The Morgan fingerprint density at radius 2 is 1.87 bits per heavy atom. The van der Waals surface area contributed by atoms with E-state index in [1.165, 1.54) is 4.90 Å². The zero-order valence-corrected chi connectivity index (χ0v) is 13.8. The second-order valence-electron chi connectivity index (χ2n) is 5.96. The summed E-state index contributed by atoms with van der Waals surface area (Å²) in [6.45, 7) is 1.94. The molecule has 118 valence electrons. The molecule has 1 heterocycles. The number of nitrogens with two attached hydrogens (primary N) is 1.